The van der Waals surface area contributed by atoms with Crippen LogP contribution in [0.3, 0.4) is 0 Å². The first kappa shape index (κ1) is 17.8. The van der Waals surface area contributed by atoms with E-state index in [1.54, 1.807) is 6.20 Å². The van der Waals surface area contributed by atoms with Crippen molar-refractivity contribution in [2.24, 2.45) is 5.92 Å². The predicted molar refractivity (Wildman–Crippen MR) is 95.5 cm³/mol. The van der Waals surface area contributed by atoms with Crippen LogP contribution in [0.2, 0.25) is 0 Å². The quantitative estimate of drug-likeness (QED) is 0.852. The highest BCUT2D eigenvalue weighted by molar-refractivity contribution is 5.96. The third-order valence-electron chi connectivity index (χ3n) is 4.41. The first-order chi connectivity index (χ1) is 12.6. The molecule has 0 spiro atoms. The van der Waals surface area contributed by atoms with Crippen molar-refractivity contribution in [3.8, 4) is 0 Å². The number of carbonyl (C=O) groups excluding carboxylic acids is 2. The summed E-state index contributed by atoms with van der Waals surface area (Å²) in [5, 5.41) is 2.60. The molecule has 1 amide bonds. The lowest BCUT2D eigenvalue weighted by Crippen LogP contribution is -2.41. The summed E-state index contributed by atoms with van der Waals surface area (Å²) >= 11 is 0. The van der Waals surface area contributed by atoms with Crippen molar-refractivity contribution in [2.45, 2.75) is 12.8 Å². The normalized spacial score (nSPS) is 16.8. The molecule has 136 valence electrons. The van der Waals surface area contributed by atoms with Crippen LogP contribution in [0.25, 0.3) is 0 Å². The Kier molecular flexibility index (Phi) is 5.46. The van der Waals surface area contributed by atoms with Crippen molar-refractivity contribution in [3.63, 3.8) is 0 Å². The number of ether oxygens (including phenoxy) is 1. The zero-order chi connectivity index (χ0) is 18.5. The number of amides is 1. The van der Waals surface area contributed by atoms with Crippen LogP contribution in [-0.2, 0) is 9.53 Å². The third-order valence-corrected chi connectivity index (χ3v) is 4.41. The van der Waals surface area contributed by atoms with Crippen LogP contribution in [0.1, 0.15) is 23.2 Å². The van der Waals surface area contributed by atoms with Gasteiger partial charge in [0.15, 0.2) is 0 Å². The van der Waals surface area contributed by atoms with Crippen molar-refractivity contribution < 1.29 is 18.7 Å². The van der Waals surface area contributed by atoms with Crippen LogP contribution < -0.4 is 10.2 Å². The molecule has 1 aromatic carbocycles. The lowest BCUT2D eigenvalue weighted by molar-refractivity contribution is -0.120. The molecule has 6 nitrogen and oxygen atoms in total. The Morgan fingerprint density at radius 3 is 2.88 bits per heavy atom. The monoisotopic (exact) mass is 357 g/mol. The summed E-state index contributed by atoms with van der Waals surface area (Å²) in [6, 6.07) is 9.40. The van der Waals surface area contributed by atoms with Gasteiger partial charge < -0.3 is 15.0 Å². The first-order valence-corrected chi connectivity index (χ1v) is 8.43. The number of piperidine rings is 1. The van der Waals surface area contributed by atoms with Crippen LogP contribution in [0.4, 0.5) is 15.9 Å². The van der Waals surface area contributed by atoms with E-state index in [1.807, 2.05) is 18.2 Å². The highest BCUT2D eigenvalue weighted by Gasteiger charge is 2.27. The highest BCUT2D eigenvalue weighted by atomic mass is 19.1. The maximum Gasteiger partial charge on any atom is 0.337 e. The SMILES string of the molecule is COC(=O)c1ccc(F)c(NC(=O)C2CCCN(c3ccccn3)C2)c1. The molecule has 1 N–H and O–H groups in total. The topological polar surface area (TPSA) is 71.5 Å². The van der Waals surface area contributed by atoms with Gasteiger partial charge in [0.05, 0.1) is 24.3 Å². The summed E-state index contributed by atoms with van der Waals surface area (Å²) in [5.41, 5.74) is 0.163. The second-order valence-corrected chi connectivity index (χ2v) is 6.15. The van der Waals surface area contributed by atoms with Crippen molar-refractivity contribution in [1.29, 1.82) is 0 Å². The van der Waals surface area contributed by atoms with E-state index in [0.717, 1.165) is 24.8 Å². The number of aromatic nitrogens is 1. The van der Waals surface area contributed by atoms with Gasteiger partial charge in [-0.05, 0) is 43.2 Å². The molecule has 0 saturated carbocycles. The number of benzene rings is 1. The molecule has 2 heterocycles. The van der Waals surface area contributed by atoms with Crippen LogP contribution in [0, 0.1) is 11.7 Å². The van der Waals surface area contributed by atoms with E-state index in [4.69, 9.17) is 0 Å². The maximum atomic E-state index is 14.0. The molecule has 1 aliphatic heterocycles. The zero-order valence-electron chi connectivity index (χ0n) is 14.4. The number of rotatable bonds is 4. The van der Waals surface area contributed by atoms with Gasteiger partial charge >= 0.3 is 5.97 Å². The molecule has 26 heavy (non-hydrogen) atoms. The van der Waals surface area contributed by atoms with Gasteiger partial charge in [0, 0.05) is 19.3 Å². The van der Waals surface area contributed by atoms with E-state index in [0.29, 0.717) is 13.0 Å². The van der Waals surface area contributed by atoms with Crippen LogP contribution >= 0.6 is 0 Å². The molecule has 0 radical (unpaired) electrons. The number of nitrogens with zero attached hydrogens (tertiary/aromatic N) is 2. The Morgan fingerprint density at radius 1 is 1.31 bits per heavy atom. The molecule has 1 fully saturated rings. The number of pyridine rings is 1. The number of esters is 1. The molecule has 1 aliphatic rings. The van der Waals surface area contributed by atoms with Gasteiger partial charge in [-0.25, -0.2) is 14.2 Å². The Balaban J connectivity index is 1.71. The van der Waals surface area contributed by atoms with E-state index in [9.17, 15) is 14.0 Å². The number of hydrogen-bond donors (Lipinski definition) is 1. The predicted octanol–water partition coefficient (Wildman–Crippen LogP) is 2.86. The Bertz CT molecular complexity index is 798. The summed E-state index contributed by atoms with van der Waals surface area (Å²) < 4.78 is 18.6. The average Bonchev–Trinajstić information content (AvgIpc) is 2.69. The Morgan fingerprint density at radius 2 is 2.15 bits per heavy atom. The molecule has 0 aliphatic carbocycles. The Labute approximate surface area is 151 Å². The summed E-state index contributed by atoms with van der Waals surface area (Å²) in [6.45, 7) is 1.34. The minimum absolute atomic E-state index is 0.0205. The number of carbonyl (C=O) groups is 2. The first-order valence-electron chi connectivity index (χ1n) is 8.43. The second-order valence-electron chi connectivity index (χ2n) is 6.15. The van der Waals surface area contributed by atoms with E-state index >= 15 is 0 Å². The summed E-state index contributed by atoms with van der Waals surface area (Å²) in [4.78, 5) is 30.6. The molecule has 7 heteroatoms. The van der Waals surface area contributed by atoms with Crippen LogP contribution in [-0.4, -0.2) is 37.1 Å². The number of methoxy groups -OCH3 is 1. The molecule has 2 aromatic rings. The summed E-state index contributed by atoms with van der Waals surface area (Å²) in [6.07, 6.45) is 3.28. The van der Waals surface area contributed by atoms with Crippen molar-refractivity contribution >= 4 is 23.4 Å². The summed E-state index contributed by atoms with van der Waals surface area (Å²) in [5.74, 6) is -0.912. The maximum absolute atomic E-state index is 14.0. The van der Waals surface area contributed by atoms with Gasteiger partial charge in [-0.15, -0.1) is 0 Å². The molecule has 1 aromatic heterocycles. The minimum Gasteiger partial charge on any atom is -0.465 e. The van der Waals surface area contributed by atoms with E-state index in [-0.39, 0.29) is 23.1 Å². The largest absolute Gasteiger partial charge is 0.465 e. The van der Waals surface area contributed by atoms with Gasteiger partial charge in [0.1, 0.15) is 11.6 Å². The molecule has 3 rings (SSSR count). The number of halogens is 1. The molecule has 0 bridgehead atoms. The fourth-order valence-electron chi connectivity index (χ4n) is 3.04. The fraction of sp³-hybridized carbons (Fsp3) is 0.316. The number of hydrogen-bond acceptors (Lipinski definition) is 5. The molecule has 1 saturated heterocycles. The van der Waals surface area contributed by atoms with Crippen LogP contribution in [0.5, 0.6) is 0 Å². The lowest BCUT2D eigenvalue weighted by atomic mass is 9.97. The minimum atomic E-state index is -0.594. The van der Waals surface area contributed by atoms with Crippen molar-refractivity contribution in [2.75, 3.05) is 30.4 Å². The lowest BCUT2D eigenvalue weighted by Gasteiger charge is -2.32. The molecule has 1 atom stereocenters. The Hall–Kier alpha value is -2.96. The number of nitrogens with one attached hydrogen (secondary N) is 1. The van der Waals surface area contributed by atoms with E-state index < -0.39 is 11.8 Å². The smallest absolute Gasteiger partial charge is 0.337 e. The van der Waals surface area contributed by atoms with Crippen LogP contribution in [0.15, 0.2) is 42.6 Å². The zero-order valence-corrected chi connectivity index (χ0v) is 14.4. The van der Waals surface area contributed by atoms with Crippen molar-refractivity contribution in [3.05, 3.63) is 54.0 Å². The van der Waals surface area contributed by atoms with Gasteiger partial charge in [0.2, 0.25) is 5.91 Å². The molecular weight excluding hydrogens is 337 g/mol. The third kappa shape index (κ3) is 3.99. The summed E-state index contributed by atoms with van der Waals surface area (Å²) in [7, 11) is 1.25. The van der Waals surface area contributed by atoms with Gasteiger partial charge in [0.25, 0.3) is 0 Å². The fourth-order valence-corrected chi connectivity index (χ4v) is 3.04. The highest BCUT2D eigenvalue weighted by Crippen LogP contribution is 2.24. The molecule has 1 unspecified atom stereocenters. The van der Waals surface area contributed by atoms with E-state index in [2.05, 4.69) is 19.9 Å². The standard InChI is InChI=1S/C19H20FN3O3/c1-26-19(25)13-7-8-15(20)16(11-13)22-18(24)14-5-4-10-23(12-14)17-6-2-3-9-21-17/h2-3,6-9,11,14H,4-5,10,12H2,1H3,(H,22,24). The van der Waals surface area contributed by atoms with Gasteiger partial charge in [-0.2, -0.15) is 0 Å². The van der Waals surface area contributed by atoms with E-state index in [1.165, 1.54) is 19.2 Å². The molecular formula is C19H20FN3O3. The average molecular weight is 357 g/mol. The van der Waals surface area contributed by atoms with Gasteiger partial charge in [-0.1, -0.05) is 6.07 Å². The van der Waals surface area contributed by atoms with Crippen molar-refractivity contribution in [1.82, 2.24) is 4.98 Å². The second kappa shape index (κ2) is 7.95. The number of anilines is 2. The van der Waals surface area contributed by atoms with Gasteiger partial charge in [-0.3, -0.25) is 4.79 Å².